The molecule has 0 aromatic rings. The van der Waals surface area contributed by atoms with Crippen LogP contribution in [0.25, 0.3) is 0 Å². The number of hydrogen-bond acceptors (Lipinski definition) is 5. The Kier molecular flexibility index (Phi) is 10.6. The van der Waals surface area contributed by atoms with Gasteiger partial charge in [0.2, 0.25) is 0 Å². The molecule has 0 aliphatic heterocycles. The molecule has 0 spiro atoms. The van der Waals surface area contributed by atoms with Gasteiger partial charge in [-0.15, -0.1) is 0 Å². The van der Waals surface area contributed by atoms with Crippen LogP contribution in [0.1, 0.15) is 0 Å². The molecule has 0 unspecified atom stereocenters. The molecule has 0 aromatic carbocycles. The summed E-state index contributed by atoms with van der Waals surface area (Å²) in [6, 6.07) is 0. The molecule has 0 fully saturated rings. The van der Waals surface area contributed by atoms with Crippen LogP contribution in [0.4, 0.5) is 0 Å². The first-order chi connectivity index (χ1) is 2.00. The third kappa shape index (κ3) is 414. The first-order valence-electron chi connectivity index (χ1n) is 0.730. The molecule has 0 heterocycles. The van der Waals surface area contributed by atoms with Gasteiger partial charge < -0.3 is 24.7 Å². The van der Waals surface area contributed by atoms with Gasteiger partial charge in [0.15, 0.2) is 0 Å². The quantitative estimate of drug-likeness (QED) is 0.360. The first-order valence-corrected chi connectivity index (χ1v) is 2.19. The predicted molar refractivity (Wildman–Crippen MR) is 9.54 cm³/mol. The van der Waals surface area contributed by atoms with Gasteiger partial charge in [0, 0.05) is 16.8 Å². The van der Waals surface area contributed by atoms with E-state index in [0.29, 0.717) is 0 Å². The number of rotatable bonds is 0. The van der Waals surface area contributed by atoms with E-state index in [1.165, 1.54) is 0 Å². The van der Waals surface area contributed by atoms with Gasteiger partial charge in [0.25, 0.3) is 0 Å². The summed E-state index contributed by atoms with van der Waals surface area (Å²) in [6.45, 7) is 0. The fourth-order valence-electron chi connectivity index (χ4n) is 0. The Bertz CT molecular complexity index is 54.2. The van der Waals surface area contributed by atoms with Crippen molar-refractivity contribution in [3.05, 3.63) is 0 Å². The van der Waals surface area contributed by atoms with Crippen molar-refractivity contribution in [2.75, 3.05) is 0 Å². The second kappa shape index (κ2) is 4.73. The summed E-state index contributed by atoms with van der Waals surface area (Å²) >= 11 is 0. The third-order valence-corrected chi connectivity index (χ3v) is 0. The van der Waals surface area contributed by atoms with E-state index in [2.05, 4.69) is 0 Å². The van der Waals surface area contributed by atoms with E-state index in [4.69, 9.17) is 19.2 Å². The average molecular weight is 171 g/mol. The van der Waals surface area contributed by atoms with Crippen LogP contribution in [-0.4, -0.2) is 5.48 Å². The second-order valence-electron chi connectivity index (χ2n) is 0.447. The molecular weight excluding hydrogens is 170 g/mol. The molecule has 7 heteroatoms. The molecule has 0 aliphatic rings. The fourth-order valence-corrected chi connectivity index (χ4v) is 0. The van der Waals surface area contributed by atoms with Crippen LogP contribution >= 0.6 is 7.82 Å². The van der Waals surface area contributed by atoms with Gasteiger partial charge in [0.05, 0.1) is 0 Å². The van der Waals surface area contributed by atoms with Crippen molar-refractivity contribution in [3.8, 4) is 0 Å². The van der Waals surface area contributed by atoms with Crippen LogP contribution in [-0.2, 0) is 21.3 Å². The van der Waals surface area contributed by atoms with Gasteiger partial charge in [0.1, 0.15) is 0 Å². The van der Waals surface area contributed by atoms with Crippen molar-refractivity contribution in [1.29, 1.82) is 0 Å². The van der Waals surface area contributed by atoms with Gasteiger partial charge in [-0.3, -0.25) is 0 Å². The molecule has 0 rings (SSSR count). The zero-order chi connectivity index (χ0) is 4.50. The van der Waals surface area contributed by atoms with Crippen LogP contribution < -0.4 is 14.7 Å². The Balaban J connectivity index is -0.0000000800. The predicted octanol–water partition coefficient (Wildman–Crippen LogP) is -3.00. The van der Waals surface area contributed by atoms with E-state index >= 15 is 0 Å². The summed E-state index contributed by atoms with van der Waals surface area (Å²) in [7, 11) is -5.39. The fraction of sp³-hybridized carbons (Fsp3) is 0. The summed E-state index contributed by atoms with van der Waals surface area (Å²) in [5, 5.41) is 0. The molecule has 49 valence electrons. The van der Waals surface area contributed by atoms with E-state index in [1.54, 1.807) is 0 Å². The van der Waals surface area contributed by atoms with Gasteiger partial charge in [-0.1, -0.05) is 0 Å². The van der Waals surface area contributed by atoms with Gasteiger partial charge in [-0.2, -0.15) is 7.82 Å². The van der Waals surface area contributed by atoms with Crippen molar-refractivity contribution in [3.63, 3.8) is 0 Å². The Labute approximate surface area is 50.1 Å². The maximum atomic E-state index is 8.55. The zero-order valence-corrected chi connectivity index (χ0v) is 4.80. The molecule has 0 saturated heterocycles. The summed E-state index contributed by atoms with van der Waals surface area (Å²) in [5.74, 6) is 0. The van der Waals surface area contributed by atoms with Crippen LogP contribution in [0.5, 0.6) is 0 Å². The standard InChI is InChI=1S/Co.H3O4P.H2O/c;1-5(2,3)4;/h;(H3,1,2,3,4);1H2/p-4. The summed E-state index contributed by atoms with van der Waals surface area (Å²) in [4.78, 5) is 25.6. The van der Waals surface area contributed by atoms with Crippen molar-refractivity contribution in [1.82, 2.24) is 0 Å². The molecular formula is HCoO5P-4. The molecule has 0 bridgehead atoms. The van der Waals surface area contributed by atoms with E-state index < -0.39 is 7.82 Å². The Morgan fingerprint density at radius 2 is 1.14 bits per heavy atom. The molecule has 0 aromatic heterocycles. The molecule has 0 saturated carbocycles. The van der Waals surface area contributed by atoms with Crippen molar-refractivity contribution in [2.45, 2.75) is 0 Å². The van der Waals surface area contributed by atoms with E-state index in [9.17, 15) is 0 Å². The van der Waals surface area contributed by atoms with Gasteiger partial charge >= 0.3 is 0 Å². The second-order valence-corrected chi connectivity index (χ2v) is 1.34. The summed E-state index contributed by atoms with van der Waals surface area (Å²) in [5.41, 5.74) is 0. The monoisotopic (exact) mass is 171 g/mol. The normalized spacial score (nSPS) is 8.43. The van der Waals surface area contributed by atoms with Gasteiger partial charge in [-0.05, 0) is 0 Å². The molecule has 5 nitrogen and oxygen atoms in total. The molecule has 0 aliphatic carbocycles. The SMILES string of the molecule is O=P([O-])([O-])[O-].[Co].[OH-]. The maximum absolute atomic E-state index is 8.55. The minimum atomic E-state index is -5.39. The zero-order valence-electron chi connectivity index (χ0n) is 2.86. The average Bonchev–Trinajstić information content (AvgIpc) is 0.722. The van der Waals surface area contributed by atoms with Crippen LogP contribution in [0.2, 0.25) is 0 Å². The topological polar surface area (TPSA) is 116 Å². The maximum Gasteiger partial charge on any atom is 0 e. The Morgan fingerprint density at radius 3 is 1.14 bits per heavy atom. The number of hydrogen-bond donors (Lipinski definition) is 0. The molecule has 7 heavy (non-hydrogen) atoms. The molecule has 1 N–H and O–H groups in total. The summed E-state index contributed by atoms with van der Waals surface area (Å²) in [6.07, 6.45) is 0. The largest absolute Gasteiger partial charge is 0.870 e. The minimum absolute atomic E-state index is 0. The summed E-state index contributed by atoms with van der Waals surface area (Å²) < 4.78 is 8.55. The Hall–Kier alpha value is 0.576. The third-order valence-electron chi connectivity index (χ3n) is 0. The van der Waals surface area contributed by atoms with Crippen LogP contribution in [0.3, 0.4) is 0 Å². The Morgan fingerprint density at radius 1 is 1.14 bits per heavy atom. The number of phosphoric acid groups is 1. The van der Waals surface area contributed by atoms with Crippen LogP contribution in [0.15, 0.2) is 0 Å². The molecule has 0 atom stereocenters. The first kappa shape index (κ1) is 15.6. The van der Waals surface area contributed by atoms with Crippen molar-refractivity contribution < 1.29 is 41.5 Å². The van der Waals surface area contributed by atoms with E-state index in [0.717, 1.165) is 0 Å². The van der Waals surface area contributed by atoms with Gasteiger partial charge in [-0.25, -0.2) is 0 Å². The molecule has 0 amide bonds. The van der Waals surface area contributed by atoms with Crippen LogP contribution in [0, 0.1) is 0 Å². The molecule has 1 radical (unpaired) electrons. The van der Waals surface area contributed by atoms with E-state index in [1.807, 2.05) is 0 Å². The van der Waals surface area contributed by atoms with Crippen molar-refractivity contribution >= 4 is 7.82 Å². The van der Waals surface area contributed by atoms with E-state index in [-0.39, 0.29) is 22.3 Å². The van der Waals surface area contributed by atoms with Crippen molar-refractivity contribution in [2.24, 2.45) is 0 Å². The smallest absolute Gasteiger partial charge is 0 e. The minimum Gasteiger partial charge on any atom is -0.870 e.